The zero-order valence-corrected chi connectivity index (χ0v) is 10.1. The van der Waals surface area contributed by atoms with Gasteiger partial charge >= 0.3 is 0 Å². The number of rotatable bonds is 6. The molecule has 0 aromatic carbocycles. The minimum atomic E-state index is 0.110. The van der Waals surface area contributed by atoms with E-state index in [2.05, 4.69) is 6.92 Å². The summed E-state index contributed by atoms with van der Waals surface area (Å²) in [6.45, 7) is 3.77. The molecular weight excluding hydrogens is 200 g/mol. The SMILES string of the molecule is CCCCCCCC(=S)SC(C)=O. The zero-order valence-electron chi connectivity index (χ0n) is 8.47. The minimum absolute atomic E-state index is 0.110. The maximum absolute atomic E-state index is 10.7. The summed E-state index contributed by atoms with van der Waals surface area (Å²) in [6.07, 6.45) is 7.18. The van der Waals surface area contributed by atoms with Gasteiger partial charge in [-0.25, -0.2) is 0 Å². The topological polar surface area (TPSA) is 17.1 Å². The summed E-state index contributed by atoms with van der Waals surface area (Å²) in [6, 6.07) is 0. The fourth-order valence-corrected chi connectivity index (χ4v) is 2.15. The van der Waals surface area contributed by atoms with Crippen LogP contribution in [0.2, 0.25) is 0 Å². The van der Waals surface area contributed by atoms with Crippen LogP contribution < -0.4 is 0 Å². The Bertz CT molecular complexity index is 166. The van der Waals surface area contributed by atoms with Gasteiger partial charge in [0.25, 0.3) is 0 Å². The first-order valence-corrected chi connectivity index (χ1v) is 6.10. The Hall–Kier alpha value is 0.110. The highest BCUT2D eigenvalue weighted by atomic mass is 32.2. The molecule has 0 heterocycles. The van der Waals surface area contributed by atoms with Gasteiger partial charge in [-0.1, -0.05) is 44.8 Å². The third-order valence-electron chi connectivity index (χ3n) is 1.74. The van der Waals surface area contributed by atoms with Crippen LogP contribution in [0.5, 0.6) is 0 Å². The van der Waals surface area contributed by atoms with E-state index in [0.717, 1.165) is 17.0 Å². The van der Waals surface area contributed by atoms with Crippen LogP contribution in [0, 0.1) is 0 Å². The molecule has 0 aliphatic heterocycles. The van der Waals surface area contributed by atoms with Crippen molar-refractivity contribution in [1.82, 2.24) is 0 Å². The van der Waals surface area contributed by atoms with E-state index in [1.807, 2.05) is 0 Å². The third kappa shape index (κ3) is 10.0. The van der Waals surface area contributed by atoms with Gasteiger partial charge in [-0.05, 0) is 24.6 Å². The molecule has 0 saturated heterocycles. The maximum atomic E-state index is 10.7. The van der Waals surface area contributed by atoms with E-state index in [0.29, 0.717) is 0 Å². The van der Waals surface area contributed by atoms with Crippen molar-refractivity contribution in [2.75, 3.05) is 0 Å². The molecule has 76 valence electrons. The largest absolute Gasteiger partial charge is 0.287 e. The molecule has 0 aliphatic carbocycles. The van der Waals surface area contributed by atoms with E-state index in [-0.39, 0.29) is 5.12 Å². The number of hydrogen-bond donors (Lipinski definition) is 0. The van der Waals surface area contributed by atoms with Crippen LogP contribution in [0.3, 0.4) is 0 Å². The Morgan fingerprint density at radius 1 is 1.23 bits per heavy atom. The average Bonchev–Trinajstić information content (AvgIpc) is 2.02. The molecule has 0 rings (SSSR count). The molecule has 0 unspecified atom stereocenters. The minimum Gasteiger partial charge on any atom is -0.287 e. The van der Waals surface area contributed by atoms with Crippen LogP contribution in [-0.2, 0) is 4.79 Å². The summed E-state index contributed by atoms with van der Waals surface area (Å²) in [5, 5.41) is 0.110. The van der Waals surface area contributed by atoms with Gasteiger partial charge in [-0.2, -0.15) is 0 Å². The normalized spacial score (nSPS) is 10.0. The first-order valence-electron chi connectivity index (χ1n) is 4.88. The van der Waals surface area contributed by atoms with E-state index in [1.165, 1.54) is 37.4 Å². The highest BCUT2D eigenvalue weighted by Crippen LogP contribution is 2.13. The van der Waals surface area contributed by atoms with Gasteiger partial charge in [0.2, 0.25) is 0 Å². The van der Waals surface area contributed by atoms with Crippen molar-refractivity contribution in [2.45, 2.75) is 52.4 Å². The molecule has 0 atom stereocenters. The van der Waals surface area contributed by atoms with Crippen molar-refractivity contribution in [3.8, 4) is 0 Å². The summed E-state index contributed by atoms with van der Waals surface area (Å²) >= 11 is 6.26. The lowest BCUT2D eigenvalue weighted by Crippen LogP contribution is -1.93. The second-order valence-corrected chi connectivity index (χ2v) is 5.15. The van der Waals surface area contributed by atoms with Crippen molar-refractivity contribution in [3.63, 3.8) is 0 Å². The molecule has 0 aromatic rings. The van der Waals surface area contributed by atoms with E-state index in [9.17, 15) is 4.79 Å². The van der Waals surface area contributed by atoms with E-state index < -0.39 is 0 Å². The number of thiocarbonyl (C=S) groups is 1. The van der Waals surface area contributed by atoms with Crippen LogP contribution in [0.4, 0.5) is 0 Å². The van der Waals surface area contributed by atoms with Crippen LogP contribution >= 0.6 is 24.0 Å². The summed E-state index contributed by atoms with van der Waals surface area (Å²) in [4.78, 5) is 10.7. The summed E-state index contributed by atoms with van der Waals surface area (Å²) < 4.78 is 0.851. The lowest BCUT2D eigenvalue weighted by molar-refractivity contribution is -0.109. The van der Waals surface area contributed by atoms with Crippen molar-refractivity contribution in [2.24, 2.45) is 0 Å². The maximum Gasteiger partial charge on any atom is 0.191 e. The molecule has 3 heteroatoms. The first kappa shape index (κ1) is 13.1. The fourth-order valence-electron chi connectivity index (χ4n) is 1.08. The van der Waals surface area contributed by atoms with Gasteiger partial charge in [-0.3, -0.25) is 4.79 Å². The Labute approximate surface area is 90.7 Å². The number of unbranched alkanes of at least 4 members (excludes halogenated alkanes) is 4. The van der Waals surface area contributed by atoms with Crippen LogP contribution in [0.1, 0.15) is 52.4 Å². The second-order valence-electron chi connectivity index (χ2n) is 3.13. The molecule has 0 aromatic heterocycles. The number of carbonyl (C=O) groups excluding carboxylic acids is 1. The monoisotopic (exact) mass is 218 g/mol. The molecule has 0 aliphatic rings. The number of thioether (sulfide) groups is 1. The predicted octanol–water partition coefficient (Wildman–Crippen LogP) is 3.95. The Morgan fingerprint density at radius 2 is 1.85 bits per heavy atom. The zero-order chi connectivity index (χ0) is 10.1. The smallest absolute Gasteiger partial charge is 0.191 e. The highest BCUT2D eigenvalue weighted by Gasteiger charge is 2.01. The van der Waals surface area contributed by atoms with Crippen molar-refractivity contribution in [1.29, 1.82) is 0 Å². The molecule has 0 N–H and O–H groups in total. The van der Waals surface area contributed by atoms with E-state index in [4.69, 9.17) is 12.2 Å². The highest BCUT2D eigenvalue weighted by molar-refractivity contribution is 8.32. The van der Waals surface area contributed by atoms with Gasteiger partial charge in [0, 0.05) is 6.92 Å². The molecular formula is C10H18OS2. The number of hydrogen-bond acceptors (Lipinski definition) is 3. The summed E-state index contributed by atoms with van der Waals surface area (Å²) in [7, 11) is 0. The second kappa shape index (κ2) is 8.70. The number of carbonyl (C=O) groups is 1. The molecule has 0 radical (unpaired) electrons. The Morgan fingerprint density at radius 3 is 2.38 bits per heavy atom. The lowest BCUT2D eigenvalue weighted by atomic mass is 10.1. The van der Waals surface area contributed by atoms with Gasteiger partial charge in [0.1, 0.15) is 0 Å². The Balaban J connectivity index is 3.22. The summed E-state index contributed by atoms with van der Waals surface area (Å²) in [5.41, 5.74) is 0. The molecule has 0 fully saturated rings. The van der Waals surface area contributed by atoms with Crippen LogP contribution in [-0.4, -0.2) is 9.31 Å². The molecule has 0 saturated carbocycles. The lowest BCUT2D eigenvalue weighted by Gasteiger charge is -2.00. The van der Waals surface area contributed by atoms with Crippen molar-refractivity contribution < 1.29 is 4.79 Å². The van der Waals surface area contributed by atoms with Crippen molar-refractivity contribution in [3.05, 3.63) is 0 Å². The standard InChI is InChI=1S/C10H18OS2/c1-3-4-5-6-7-8-10(12)13-9(2)11/h3-8H2,1-2H3. The van der Waals surface area contributed by atoms with Crippen molar-refractivity contribution >= 4 is 33.3 Å². The quantitative estimate of drug-likeness (QED) is 0.496. The van der Waals surface area contributed by atoms with E-state index >= 15 is 0 Å². The molecule has 0 spiro atoms. The third-order valence-corrected chi connectivity index (χ3v) is 2.92. The fraction of sp³-hybridized carbons (Fsp3) is 0.800. The predicted molar refractivity (Wildman–Crippen MR) is 64.2 cm³/mol. The van der Waals surface area contributed by atoms with E-state index in [1.54, 1.807) is 6.92 Å². The van der Waals surface area contributed by atoms with Gasteiger partial charge in [0.05, 0.1) is 4.20 Å². The Kier molecular flexibility index (Phi) is 8.77. The summed E-state index contributed by atoms with van der Waals surface area (Å²) in [5.74, 6) is 0. The van der Waals surface area contributed by atoms with Gasteiger partial charge in [-0.15, -0.1) is 0 Å². The van der Waals surface area contributed by atoms with Gasteiger partial charge < -0.3 is 0 Å². The molecule has 0 bridgehead atoms. The molecule has 1 nitrogen and oxygen atoms in total. The first-order chi connectivity index (χ1) is 6.16. The van der Waals surface area contributed by atoms with Gasteiger partial charge in [0.15, 0.2) is 5.12 Å². The van der Waals surface area contributed by atoms with Crippen LogP contribution in [0.25, 0.3) is 0 Å². The molecule has 13 heavy (non-hydrogen) atoms. The molecule has 0 amide bonds. The average molecular weight is 218 g/mol. The van der Waals surface area contributed by atoms with Crippen LogP contribution in [0.15, 0.2) is 0 Å².